The predicted molar refractivity (Wildman–Crippen MR) is 138 cm³/mol. The number of anilines is 1. The molecule has 5 N–H and O–H groups in total. The van der Waals surface area contributed by atoms with Crippen molar-refractivity contribution in [3.8, 4) is 11.1 Å². The third-order valence-corrected chi connectivity index (χ3v) is 8.52. The Hall–Kier alpha value is -2.43. The second-order valence-electron chi connectivity index (χ2n) is 9.93. The van der Waals surface area contributed by atoms with Crippen molar-refractivity contribution in [2.75, 3.05) is 37.8 Å². The number of pyridine rings is 1. The lowest BCUT2D eigenvalue weighted by Crippen LogP contribution is -2.61. The van der Waals surface area contributed by atoms with E-state index in [0.29, 0.717) is 28.8 Å². The number of rotatable bonds is 8. The average Bonchev–Trinajstić information content (AvgIpc) is 3.39. The lowest BCUT2D eigenvalue weighted by Gasteiger charge is -2.49. The molecule has 5 atom stereocenters. The van der Waals surface area contributed by atoms with Crippen LogP contribution in [0.4, 0.5) is 19.0 Å². The van der Waals surface area contributed by atoms with Crippen LogP contribution in [0.2, 0.25) is 5.02 Å². The van der Waals surface area contributed by atoms with Crippen molar-refractivity contribution in [3.05, 3.63) is 59.3 Å². The van der Waals surface area contributed by atoms with Gasteiger partial charge < -0.3 is 35.2 Å². The molecule has 216 valence electrons. The molecule has 2 saturated heterocycles. The molecule has 0 spiro atoms. The third-order valence-electron chi connectivity index (χ3n) is 7.14. The van der Waals surface area contributed by atoms with Crippen LogP contribution in [0.3, 0.4) is 0 Å². The van der Waals surface area contributed by atoms with Gasteiger partial charge in [-0.1, -0.05) is 23.4 Å². The maximum atomic E-state index is 13.8. The van der Waals surface area contributed by atoms with Gasteiger partial charge in [-0.2, -0.15) is 5.10 Å². The molecule has 2 aromatic heterocycles. The third kappa shape index (κ3) is 5.30. The number of aliphatic hydroxyl groups is 5. The van der Waals surface area contributed by atoms with Gasteiger partial charge in [0.25, 0.3) is 0 Å². The molecule has 4 heterocycles. The maximum absolute atomic E-state index is 13.8. The van der Waals surface area contributed by atoms with Crippen molar-refractivity contribution in [2.24, 2.45) is 5.41 Å². The van der Waals surface area contributed by atoms with Gasteiger partial charge in [-0.3, -0.25) is 4.68 Å². The van der Waals surface area contributed by atoms with E-state index in [9.17, 15) is 38.7 Å². The monoisotopic (exact) mass is 602 g/mol. The summed E-state index contributed by atoms with van der Waals surface area (Å²) >= 11 is 7.24. The van der Waals surface area contributed by atoms with Crippen molar-refractivity contribution in [3.63, 3.8) is 0 Å². The Balaban J connectivity index is 1.42. The highest BCUT2D eigenvalue weighted by atomic mass is 35.5. The van der Waals surface area contributed by atoms with Crippen molar-refractivity contribution >= 4 is 29.2 Å². The molecule has 2 aliphatic rings. The van der Waals surface area contributed by atoms with E-state index in [2.05, 4.69) is 10.1 Å². The summed E-state index contributed by atoms with van der Waals surface area (Å²) in [5.41, 5.74) is -1.53. The summed E-state index contributed by atoms with van der Waals surface area (Å²) in [5.74, 6) is -3.89. The quantitative estimate of drug-likeness (QED) is 0.241. The number of hydrogen-bond acceptors (Lipinski definition) is 10. The maximum Gasteiger partial charge on any atom is 0.194 e. The first-order chi connectivity index (χ1) is 19.1. The summed E-state index contributed by atoms with van der Waals surface area (Å²) in [5, 5.41) is 55.9. The van der Waals surface area contributed by atoms with E-state index < -0.39 is 59.3 Å². The predicted octanol–water partition coefficient (Wildman–Crippen LogP) is 1.58. The molecule has 40 heavy (non-hydrogen) atoms. The standard InChI is InChI=1S/C25H26ClF3N4O6S/c26-14-3-18(23(30-5-14)32-8-25(9-32,10-35)11-36)40-24-22(38)20(21(37)17(7-34)39-24)33-6-13(4-31-33)12-1-15(27)19(29)16(28)2-12/h1-6,17,20-22,24,34-38H,7-11H2/t17?,20-,21-,22?,24+/m0/s1. The van der Waals surface area contributed by atoms with E-state index in [0.717, 1.165) is 23.9 Å². The van der Waals surface area contributed by atoms with Crippen LogP contribution in [0.5, 0.6) is 0 Å². The van der Waals surface area contributed by atoms with Gasteiger partial charge in [0.1, 0.15) is 35.6 Å². The molecule has 0 amide bonds. The number of halogens is 4. The molecule has 2 fully saturated rings. The molecular formula is C25H26ClF3N4O6S. The molecule has 2 unspecified atom stereocenters. The Labute approximate surface area is 235 Å². The van der Waals surface area contributed by atoms with Gasteiger partial charge in [0.2, 0.25) is 0 Å². The topological polar surface area (TPSA) is 144 Å². The lowest BCUT2D eigenvalue weighted by atomic mass is 9.81. The second-order valence-corrected chi connectivity index (χ2v) is 11.5. The number of hydrogen-bond donors (Lipinski definition) is 5. The number of aliphatic hydroxyl groups excluding tert-OH is 5. The van der Waals surface area contributed by atoms with Crippen LogP contribution in [-0.2, 0) is 4.74 Å². The van der Waals surface area contributed by atoms with E-state index in [1.165, 1.54) is 23.3 Å². The van der Waals surface area contributed by atoms with Crippen LogP contribution in [0.1, 0.15) is 6.04 Å². The van der Waals surface area contributed by atoms with Crippen molar-refractivity contribution < 1.29 is 43.4 Å². The second kappa shape index (κ2) is 11.4. The zero-order valence-electron chi connectivity index (χ0n) is 20.7. The van der Waals surface area contributed by atoms with Gasteiger partial charge in [0.15, 0.2) is 17.5 Å². The van der Waals surface area contributed by atoms with Gasteiger partial charge in [0.05, 0.1) is 41.4 Å². The van der Waals surface area contributed by atoms with E-state index in [-0.39, 0.29) is 24.3 Å². The Bertz CT molecular complexity index is 1350. The normalized spacial score (nSPS) is 26.1. The van der Waals surface area contributed by atoms with E-state index >= 15 is 0 Å². The van der Waals surface area contributed by atoms with Gasteiger partial charge in [-0.15, -0.1) is 0 Å². The average molecular weight is 603 g/mol. The summed E-state index contributed by atoms with van der Waals surface area (Å²) in [7, 11) is 0. The van der Waals surface area contributed by atoms with Gasteiger partial charge in [-0.25, -0.2) is 18.2 Å². The molecule has 1 aromatic carbocycles. The first-order valence-corrected chi connectivity index (χ1v) is 13.5. The molecule has 10 nitrogen and oxygen atoms in total. The first-order valence-electron chi connectivity index (χ1n) is 12.2. The van der Waals surface area contributed by atoms with Gasteiger partial charge in [-0.05, 0) is 23.8 Å². The van der Waals surface area contributed by atoms with Crippen LogP contribution in [0, 0.1) is 22.9 Å². The van der Waals surface area contributed by atoms with Gasteiger partial charge in [0, 0.05) is 31.0 Å². The molecular weight excluding hydrogens is 577 g/mol. The van der Waals surface area contributed by atoms with Crippen molar-refractivity contribution in [1.29, 1.82) is 0 Å². The first kappa shape index (κ1) is 29.1. The summed E-state index contributed by atoms with van der Waals surface area (Å²) < 4.78 is 48.0. The fourth-order valence-electron chi connectivity index (χ4n) is 4.88. The summed E-state index contributed by atoms with van der Waals surface area (Å²) in [6.45, 7) is -0.343. The number of ether oxygens (including phenoxy) is 1. The molecule has 0 aliphatic carbocycles. The summed E-state index contributed by atoms with van der Waals surface area (Å²) in [6, 6.07) is 2.07. The van der Waals surface area contributed by atoms with Gasteiger partial charge >= 0.3 is 0 Å². The summed E-state index contributed by atoms with van der Waals surface area (Å²) in [6.07, 6.45) is 0.0553. The van der Waals surface area contributed by atoms with Crippen LogP contribution >= 0.6 is 23.4 Å². The number of thioether (sulfide) groups is 1. The van der Waals surface area contributed by atoms with Crippen LogP contribution in [0.15, 0.2) is 41.7 Å². The SMILES string of the molecule is OCC1O[C@H](Sc2cc(Cl)cnc2N2CC(CO)(CO)C2)C(O)[C@@H](n2cc(-c3cc(F)c(F)c(F)c3)cn2)[C@H]1O. The highest BCUT2D eigenvalue weighted by molar-refractivity contribution is 8.00. The summed E-state index contributed by atoms with van der Waals surface area (Å²) in [4.78, 5) is 6.72. The molecule has 0 radical (unpaired) electrons. The molecule has 3 aromatic rings. The van der Waals surface area contributed by atoms with Crippen molar-refractivity contribution in [2.45, 2.75) is 34.7 Å². The Morgan fingerprint density at radius 1 is 1.00 bits per heavy atom. The fraction of sp³-hybridized carbons (Fsp3) is 0.440. The number of nitrogens with zero attached hydrogens (tertiary/aromatic N) is 4. The van der Waals surface area contributed by atoms with Crippen molar-refractivity contribution in [1.82, 2.24) is 14.8 Å². The fourth-order valence-corrected chi connectivity index (χ4v) is 6.33. The zero-order chi connectivity index (χ0) is 28.8. The molecule has 15 heteroatoms. The van der Waals surface area contributed by atoms with E-state index in [1.54, 1.807) is 6.07 Å². The number of benzene rings is 1. The molecule has 0 bridgehead atoms. The zero-order valence-corrected chi connectivity index (χ0v) is 22.3. The largest absolute Gasteiger partial charge is 0.396 e. The van der Waals surface area contributed by atoms with E-state index in [4.69, 9.17) is 16.3 Å². The molecule has 2 aliphatic heterocycles. The van der Waals surface area contributed by atoms with Crippen LogP contribution < -0.4 is 4.90 Å². The minimum Gasteiger partial charge on any atom is -0.396 e. The highest BCUT2D eigenvalue weighted by Gasteiger charge is 2.47. The smallest absolute Gasteiger partial charge is 0.194 e. The van der Waals surface area contributed by atoms with E-state index in [1.807, 2.05) is 4.90 Å². The Kier molecular flexibility index (Phi) is 8.32. The number of aromatic nitrogens is 3. The highest BCUT2D eigenvalue weighted by Crippen LogP contribution is 2.44. The van der Waals surface area contributed by atoms with Crippen LogP contribution in [0.25, 0.3) is 11.1 Å². The van der Waals surface area contributed by atoms with Crippen LogP contribution in [-0.4, -0.2) is 97.0 Å². The minimum atomic E-state index is -1.61. The molecule has 5 rings (SSSR count). The minimum absolute atomic E-state index is 0.00523. The Morgan fingerprint density at radius 3 is 2.30 bits per heavy atom. The molecule has 0 saturated carbocycles. The Morgan fingerprint density at radius 2 is 1.68 bits per heavy atom. The lowest BCUT2D eigenvalue weighted by molar-refractivity contribution is -0.178.